The normalized spacial score (nSPS) is 17.9. The first kappa shape index (κ1) is 25.3. The lowest BCUT2D eigenvalue weighted by Crippen LogP contribution is -2.40. The van der Waals surface area contributed by atoms with Gasteiger partial charge in [0.25, 0.3) is 11.8 Å². The molecule has 2 aromatic heterocycles. The van der Waals surface area contributed by atoms with E-state index in [4.69, 9.17) is 14.1 Å². The topological polar surface area (TPSA) is 137 Å². The maximum Gasteiger partial charge on any atom is 0.335 e. The van der Waals surface area contributed by atoms with Crippen molar-refractivity contribution in [3.05, 3.63) is 65.5 Å². The fourth-order valence-corrected chi connectivity index (χ4v) is 4.16. The van der Waals surface area contributed by atoms with Gasteiger partial charge in [0.2, 0.25) is 5.88 Å². The quantitative estimate of drug-likeness (QED) is 0.428. The molecule has 0 bridgehead atoms. The number of pyridine rings is 1. The summed E-state index contributed by atoms with van der Waals surface area (Å²) in [4.78, 5) is 28.5. The van der Waals surface area contributed by atoms with Crippen LogP contribution in [0, 0.1) is 5.92 Å². The fourth-order valence-electron chi connectivity index (χ4n) is 4.16. The van der Waals surface area contributed by atoms with Crippen LogP contribution in [0.2, 0.25) is 0 Å². The van der Waals surface area contributed by atoms with Crippen LogP contribution in [0.1, 0.15) is 61.1 Å². The zero-order valence-corrected chi connectivity index (χ0v) is 20.3. The van der Waals surface area contributed by atoms with E-state index in [1.807, 2.05) is 30.3 Å². The first-order valence-corrected chi connectivity index (χ1v) is 12.0. The first-order chi connectivity index (χ1) is 17.3. The molecule has 10 heteroatoms. The van der Waals surface area contributed by atoms with E-state index in [9.17, 15) is 14.7 Å². The molecule has 0 unspecified atom stereocenters. The summed E-state index contributed by atoms with van der Waals surface area (Å²) in [5.74, 6) is -0.716. The summed E-state index contributed by atoms with van der Waals surface area (Å²) in [5.41, 5.74) is 0.598. The van der Waals surface area contributed by atoms with Crippen LogP contribution in [0.15, 0.2) is 53.3 Å². The molecule has 4 rings (SSSR count). The molecule has 36 heavy (non-hydrogen) atoms. The second-order valence-electron chi connectivity index (χ2n) is 9.42. The number of carbonyl (C=O) groups is 2. The Morgan fingerprint density at radius 2 is 1.81 bits per heavy atom. The van der Waals surface area contributed by atoms with E-state index in [0.717, 1.165) is 31.2 Å². The van der Waals surface area contributed by atoms with Gasteiger partial charge in [0.15, 0.2) is 11.3 Å². The SMILES string of the molecule is CC(C)(OC1CCC(CNC(=O)c2cccnc2Oc2nonc2Cc2ccccc2)CC1)C(=O)O. The minimum Gasteiger partial charge on any atom is -0.479 e. The number of carboxylic acid groups (broad SMARTS) is 1. The lowest BCUT2D eigenvalue weighted by Gasteiger charge is -2.33. The van der Waals surface area contributed by atoms with Crippen LogP contribution in [-0.2, 0) is 16.0 Å². The van der Waals surface area contributed by atoms with Crippen LogP contribution >= 0.6 is 0 Å². The average Bonchev–Trinajstić information content (AvgIpc) is 3.30. The molecule has 1 aliphatic rings. The number of aromatic nitrogens is 3. The Hall–Kier alpha value is -3.79. The van der Waals surface area contributed by atoms with Crippen LogP contribution in [0.4, 0.5) is 0 Å². The number of carboxylic acids is 1. The summed E-state index contributed by atoms with van der Waals surface area (Å²) in [6.45, 7) is 3.62. The Balaban J connectivity index is 1.32. The van der Waals surface area contributed by atoms with Gasteiger partial charge < -0.3 is 19.9 Å². The van der Waals surface area contributed by atoms with Gasteiger partial charge in [-0.15, -0.1) is 0 Å². The van der Waals surface area contributed by atoms with E-state index in [2.05, 4.69) is 20.6 Å². The number of hydrogen-bond donors (Lipinski definition) is 2. The van der Waals surface area contributed by atoms with Gasteiger partial charge in [0, 0.05) is 19.2 Å². The Morgan fingerprint density at radius 3 is 2.53 bits per heavy atom. The maximum absolute atomic E-state index is 13.0. The number of ether oxygens (including phenoxy) is 2. The zero-order chi connectivity index (χ0) is 25.5. The van der Waals surface area contributed by atoms with Crippen molar-refractivity contribution in [2.45, 2.75) is 57.7 Å². The van der Waals surface area contributed by atoms with Gasteiger partial charge in [0.1, 0.15) is 5.56 Å². The number of aliphatic carboxylic acids is 1. The van der Waals surface area contributed by atoms with Crippen LogP contribution in [-0.4, -0.2) is 50.5 Å². The van der Waals surface area contributed by atoms with Crippen molar-refractivity contribution >= 4 is 11.9 Å². The van der Waals surface area contributed by atoms with Gasteiger partial charge in [-0.3, -0.25) is 4.79 Å². The molecule has 3 aromatic rings. The maximum atomic E-state index is 13.0. The Labute approximate surface area is 209 Å². The number of nitrogens with one attached hydrogen (secondary N) is 1. The summed E-state index contributed by atoms with van der Waals surface area (Å²) in [6.07, 6.45) is 5.08. The van der Waals surface area contributed by atoms with Crippen LogP contribution in [0.5, 0.6) is 11.8 Å². The lowest BCUT2D eigenvalue weighted by molar-refractivity contribution is -0.170. The second kappa shape index (κ2) is 11.3. The number of benzene rings is 1. The highest BCUT2D eigenvalue weighted by molar-refractivity contribution is 5.96. The van der Waals surface area contributed by atoms with Gasteiger partial charge in [0.05, 0.1) is 6.10 Å². The third-order valence-corrected chi connectivity index (χ3v) is 6.27. The highest BCUT2D eigenvalue weighted by Crippen LogP contribution is 2.29. The van der Waals surface area contributed by atoms with E-state index < -0.39 is 11.6 Å². The molecule has 1 saturated carbocycles. The van der Waals surface area contributed by atoms with Gasteiger partial charge in [-0.25, -0.2) is 14.4 Å². The molecule has 190 valence electrons. The third kappa shape index (κ3) is 6.45. The number of hydrogen-bond acceptors (Lipinski definition) is 8. The molecule has 0 radical (unpaired) electrons. The van der Waals surface area contributed by atoms with E-state index in [-0.39, 0.29) is 35.3 Å². The van der Waals surface area contributed by atoms with Crippen LogP contribution < -0.4 is 10.1 Å². The van der Waals surface area contributed by atoms with E-state index in [1.54, 1.807) is 26.0 Å². The van der Waals surface area contributed by atoms with E-state index in [0.29, 0.717) is 18.7 Å². The molecular formula is C26H30N4O6. The predicted octanol–water partition coefficient (Wildman–Crippen LogP) is 4.02. The average molecular weight is 495 g/mol. The Morgan fingerprint density at radius 1 is 1.06 bits per heavy atom. The van der Waals surface area contributed by atoms with Crippen LogP contribution in [0.25, 0.3) is 0 Å². The molecule has 0 spiro atoms. The number of carbonyl (C=O) groups excluding carboxylic acids is 1. The Bertz CT molecular complexity index is 1170. The van der Waals surface area contributed by atoms with E-state index >= 15 is 0 Å². The van der Waals surface area contributed by atoms with Gasteiger partial charge in [-0.1, -0.05) is 35.5 Å². The Kier molecular flexibility index (Phi) is 7.94. The number of rotatable bonds is 10. The number of nitrogens with zero attached hydrogens (tertiary/aromatic N) is 3. The summed E-state index contributed by atoms with van der Waals surface area (Å²) < 4.78 is 16.5. The highest BCUT2D eigenvalue weighted by atomic mass is 16.6. The zero-order valence-electron chi connectivity index (χ0n) is 20.3. The van der Waals surface area contributed by atoms with Crippen molar-refractivity contribution in [2.75, 3.05) is 6.54 Å². The molecule has 1 amide bonds. The minimum atomic E-state index is -1.21. The van der Waals surface area contributed by atoms with Gasteiger partial charge in [-0.05, 0) is 68.3 Å². The number of amides is 1. The standard InChI is InChI=1S/C26H30N4O6/c1-26(2,25(32)33)35-19-12-10-18(11-13-19)16-28-22(31)20-9-6-14-27-23(20)34-24-21(29-36-30-24)15-17-7-4-3-5-8-17/h3-9,14,18-19H,10-13,15-16H2,1-2H3,(H,28,31)(H,32,33). The molecule has 1 aromatic carbocycles. The molecule has 0 atom stereocenters. The fraction of sp³-hybridized carbons (Fsp3) is 0.423. The smallest absolute Gasteiger partial charge is 0.335 e. The molecule has 2 N–H and O–H groups in total. The van der Waals surface area contributed by atoms with Crippen molar-refractivity contribution in [3.8, 4) is 11.8 Å². The summed E-state index contributed by atoms with van der Waals surface area (Å²) >= 11 is 0. The molecular weight excluding hydrogens is 464 g/mol. The van der Waals surface area contributed by atoms with Crippen molar-refractivity contribution in [3.63, 3.8) is 0 Å². The molecule has 2 heterocycles. The molecule has 1 aliphatic carbocycles. The second-order valence-corrected chi connectivity index (χ2v) is 9.42. The minimum absolute atomic E-state index is 0.0949. The van der Waals surface area contributed by atoms with Crippen molar-refractivity contribution in [1.82, 2.24) is 20.6 Å². The monoisotopic (exact) mass is 494 g/mol. The van der Waals surface area contributed by atoms with Crippen molar-refractivity contribution in [1.29, 1.82) is 0 Å². The summed E-state index contributed by atoms with van der Waals surface area (Å²) in [5, 5.41) is 20.0. The molecule has 0 saturated heterocycles. The summed E-state index contributed by atoms with van der Waals surface area (Å²) in [6, 6.07) is 13.0. The molecule has 1 fully saturated rings. The highest BCUT2D eigenvalue weighted by Gasteiger charge is 2.33. The van der Waals surface area contributed by atoms with Gasteiger partial charge in [-0.2, -0.15) is 0 Å². The van der Waals surface area contributed by atoms with Crippen molar-refractivity contribution < 1.29 is 28.8 Å². The largest absolute Gasteiger partial charge is 0.479 e. The lowest BCUT2D eigenvalue weighted by atomic mass is 9.87. The third-order valence-electron chi connectivity index (χ3n) is 6.27. The van der Waals surface area contributed by atoms with E-state index in [1.165, 1.54) is 6.20 Å². The van der Waals surface area contributed by atoms with Crippen LogP contribution in [0.3, 0.4) is 0 Å². The van der Waals surface area contributed by atoms with Crippen molar-refractivity contribution in [2.24, 2.45) is 5.92 Å². The van der Waals surface area contributed by atoms with Gasteiger partial charge >= 0.3 is 5.97 Å². The molecule has 0 aliphatic heterocycles. The first-order valence-electron chi connectivity index (χ1n) is 12.0. The predicted molar refractivity (Wildman–Crippen MR) is 129 cm³/mol. The summed E-state index contributed by atoms with van der Waals surface area (Å²) in [7, 11) is 0. The molecule has 10 nitrogen and oxygen atoms in total.